The Morgan fingerprint density at radius 1 is 1.00 bits per heavy atom. The van der Waals surface area contributed by atoms with Crippen molar-refractivity contribution in [2.24, 2.45) is 0 Å². The van der Waals surface area contributed by atoms with Gasteiger partial charge in [0.1, 0.15) is 18.4 Å². The number of rotatable bonds is 9. The van der Waals surface area contributed by atoms with Crippen LogP contribution in [0.3, 0.4) is 0 Å². The number of aldehydes is 1. The number of amides is 4. The van der Waals surface area contributed by atoms with Gasteiger partial charge in [-0.2, -0.15) is 0 Å². The van der Waals surface area contributed by atoms with E-state index in [0.29, 0.717) is 16.2 Å². The summed E-state index contributed by atoms with van der Waals surface area (Å²) in [6, 6.07) is -3.13. The minimum absolute atomic E-state index is 0.0142. The van der Waals surface area contributed by atoms with E-state index in [1.807, 2.05) is 0 Å². The first-order chi connectivity index (χ1) is 12.8. The van der Waals surface area contributed by atoms with Crippen molar-refractivity contribution >= 4 is 59.2 Å². The number of ketones is 1. The van der Waals surface area contributed by atoms with E-state index in [9.17, 15) is 28.8 Å². The highest BCUT2D eigenvalue weighted by Crippen LogP contribution is 2.30. The lowest BCUT2D eigenvalue weighted by Gasteiger charge is -2.33. The first kappa shape index (κ1) is 21.1. The molecule has 2 atom stereocenters. The second-order valence-electron chi connectivity index (χ2n) is 5.74. The summed E-state index contributed by atoms with van der Waals surface area (Å²) in [5.74, 6) is -3.51. The fourth-order valence-corrected chi connectivity index (χ4v) is 3.90. The van der Waals surface area contributed by atoms with Crippen molar-refractivity contribution in [3.05, 3.63) is 22.0 Å². The SMILES string of the molecule is CCCC(=O)C(C(C=O)N1C(=O)C=C(SC)C1=O)N1C(=O)C=C(SC)C1=O. The first-order valence-corrected chi connectivity index (χ1v) is 10.5. The second kappa shape index (κ2) is 8.66. The van der Waals surface area contributed by atoms with Crippen LogP contribution in [-0.2, 0) is 28.8 Å². The van der Waals surface area contributed by atoms with Crippen LogP contribution in [0, 0.1) is 0 Å². The maximum absolute atomic E-state index is 12.7. The third kappa shape index (κ3) is 3.77. The molecular formula is C17H18N2O6S2. The third-order valence-electron chi connectivity index (χ3n) is 4.15. The maximum atomic E-state index is 12.7. The van der Waals surface area contributed by atoms with Gasteiger partial charge in [0.15, 0.2) is 5.78 Å². The van der Waals surface area contributed by atoms with Crippen molar-refractivity contribution in [2.45, 2.75) is 31.8 Å². The van der Waals surface area contributed by atoms with Crippen molar-refractivity contribution < 1.29 is 28.8 Å². The predicted octanol–water partition coefficient (Wildman–Crippen LogP) is 0.523. The van der Waals surface area contributed by atoms with Gasteiger partial charge >= 0.3 is 0 Å². The Labute approximate surface area is 164 Å². The Morgan fingerprint density at radius 3 is 1.89 bits per heavy atom. The molecule has 0 radical (unpaired) electrons. The number of hydrogen-bond acceptors (Lipinski definition) is 8. The van der Waals surface area contributed by atoms with Crippen LogP contribution in [0.4, 0.5) is 0 Å². The highest BCUT2D eigenvalue weighted by molar-refractivity contribution is 8.03. The normalized spacial score (nSPS) is 19.4. The van der Waals surface area contributed by atoms with Gasteiger partial charge in [-0.1, -0.05) is 6.92 Å². The van der Waals surface area contributed by atoms with Crippen molar-refractivity contribution in [1.29, 1.82) is 0 Å². The van der Waals surface area contributed by atoms with E-state index in [1.54, 1.807) is 19.4 Å². The summed E-state index contributed by atoms with van der Waals surface area (Å²) in [5, 5.41) is 0. The van der Waals surface area contributed by atoms with Crippen molar-refractivity contribution in [2.75, 3.05) is 12.5 Å². The Hall–Kier alpha value is -2.20. The molecule has 0 fully saturated rings. The molecule has 0 N–H and O–H groups in total. The number of carbonyl (C=O) groups is 6. The number of hydrogen-bond donors (Lipinski definition) is 0. The van der Waals surface area contributed by atoms with E-state index < -0.39 is 41.5 Å². The number of imide groups is 2. The van der Waals surface area contributed by atoms with Gasteiger partial charge in [-0.3, -0.25) is 33.8 Å². The highest BCUT2D eigenvalue weighted by atomic mass is 32.2. The van der Waals surface area contributed by atoms with Crippen molar-refractivity contribution in [3.63, 3.8) is 0 Å². The molecule has 0 saturated heterocycles. The Morgan fingerprint density at radius 2 is 1.48 bits per heavy atom. The second-order valence-corrected chi connectivity index (χ2v) is 7.44. The van der Waals surface area contributed by atoms with E-state index in [0.717, 1.165) is 35.7 Å². The smallest absolute Gasteiger partial charge is 0.268 e. The summed E-state index contributed by atoms with van der Waals surface area (Å²) in [6.07, 6.45) is 6.02. The molecule has 0 aromatic heterocycles. The standard InChI is InChI=1S/C17H18N2O6S2/c1-4-5-10(21)15(19-14(23)7-12(27-3)17(19)25)9(8-20)18-13(22)6-11(26-2)16(18)24/h6-9,15H,4-5H2,1-3H3. The molecule has 0 aromatic carbocycles. The van der Waals surface area contributed by atoms with E-state index in [2.05, 4.69) is 0 Å². The summed E-state index contributed by atoms with van der Waals surface area (Å²) >= 11 is 2.07. The molecule has 144 valence electrons. The highest BCUT2D eigenvalue weighted by Gasteiger charge is 2.49. The zero-order valence-corrected chi connectivity index (χ0v) is 16.6. The Kier molecular flexibility index (Phi) is 6.77. The van der Waals surface area contributed by atoms with Gasteiger partial charge < -0.3 is 4.79 Å². The summed E-state index contributed by atoms with van der Waals surface area (Å²) in [5.41, 5.74) is 0. The zero-order valence-electron chi connectivity index (χ0n) is 15.0. The molecule has 2 heterocycles. The molecule has 8 nitrogen and oxygen atoms in total. The summed E-state index contributed by atoms with van der Waals surface area (Å²) in [6.45, 7) is 1.73. The maximum Gasteiger partial charge on any atom is 0.268 e. The molecule has 0 bridgehead atoms. The molecule has 0 spiro atoms. The monoisotopic (exact) mass is 410 g/mol. The molecule has 0 aromatic rings. The molecule has 2 unspecified atom stereocenters. The van der Waals surface area contributed by atoms with E-state index in [4.69, 9.17) is 0 Å². The van der Waals surface area contributed by atoms with Gasteiger partial charge in [0.2, 0.25) is 0 Å². The molecule has 2 aliphatic rings. The molecule has 4 amide bonds. The van der Waals surface area contributed by atoms with Crippen LogP contribution >= 0.6 is 23.5 Å². The molecule has 27 heavy (non-hydrogen) atoms. The lowest BCUT2D eigenvalue weighted by molar-refractivity contribution is -0.153. The predicted molar refractivity (Wildman–Crippen MR) is 100 cm³/mol. The van der Waals surface area contributed by atoms with E-state index in [1.165, 1.54) is 0 Å². The van der Waals surface area contributed by atoms with Crippen LogP contribution < -0.4 is 0 Å². The average molecular weight is 410 g/mol. The van der Waals surface area contributed by atoms with Gasteiger partial charge in [-0.15, -0.1) is 23.5 Å². The molecule has 2 rings (SSSR count). The molecule has 0 saturated carbocycles. The fraction of sp³-hybridized carbons (Fsp3) is 0.412. The quantitative estimate of drug-likeness (QED) is 0.400. The summed E-state index contributed by atoms with van der Waals surface area (Å²) < 4.78 is 0. The first-order valence-electron chi connectivity index (χ1n) is 8.06. The molecule has 10 heteroatoms. The molecule has 0 aliphatic carbocycles. The van der Waals surface area contributed by atoms with Crippen molar-refractivity contribution in [3.8, 4) is 0 Å². The molecular weight excluding hydrogens is 392 g/mol. The van der Waals surface area contributed by atoms with Gasteiger partial charge in [0, 0.05) is 18.6 Å². The van der Waals surface area contributed by atoms with Crippen LogP contribution in [0.25, 0.3) is 0 Å². The third-order valence-corrected chi connectivity index (χ3v) is 5.61. The van der Waals surface area contributed by atoms with Gasteiger partial charge in [-0.25, -0.2) is 0 Å². The summed E-state index contributed by atoms with van der Waals surface area (Å²) in [4.78, 5) is 75.8. The number of thioether (sulfide) groups is 2. The van der Waals surface area contributed by atoms with Crippen molar-refractivity contribution in [1.82, 2.24) is 9.80 Å². The van der Waals surface area contributed by atoms with E-state index in [-0.39, 0.29) is 22.5 Å². The number of Topliss-reactive ketones (excluding diaryl/α,β-unsaturated/α-hetero) is 1. The lowest BCUT2D eigenvalue weighted by Crippen LogP contribution is -2.59. The van der Waals surface area contributed by atoms with Crippen LogP contribution in [0.2, 0.25) is 0 Å². The fourth-order valence-electron chi connectivity index (χ4n) is 2.92. The van der Waals surface area contributed by atoms with Gasteiger partial charge in [-0.05, 0) is 18.9 Å². The van der Waals surface area contributed by atoms with Crippen LogP contribution in [0.5, 0.6) is 0 Å². The number of carbonyl (C=O) groups excluding carboxylic acids is 6. The minimum Gasteiger partial charge on any atom is -0.301 e. The molecule has 2 aliphatic heterocycles. The minimum atomic E-state index is -1.58. The zero-order chi connectivity index (χ0) is 20.3. The Balaban J connectivity index is 2.48. The van der Waals surface area contributed by atoms with Crippen LogP contribution in [0.15, 0.2) is 22.0 Å². The topological polar surface area (TPSA) is 109 Å². The summed E-state index contributed by atoms with van der Waals surface area (Å²) in [7, 11) is 0. The largest absolute Gasteiger partial charge is 0.301 e. The van der Waals surface area contributed by atoms with E-state index >= 15 is 0 Å². The van der Waals surface area contributed by atoms with Gasteiger partial charge in [0.05, 0.1) is 9.81 Å². The average Bonchev–Trinajstić information content (AvgIpc) is 3.08. The van der Waals surface area contributed by atoms with Crippen LogP contribution in [-0.4, -0.2) is 70.1 Å². The Bertz CT molecular complexity index is 788. The lowest BCUT2D eigenvalue weighted by atomic mass is 9.98. The van der Waals surface area contributed by atoms with Crippen LogP contribution in [0.1, 0.15) is 19.8 Å². The van der Waals surface area contributed by atoms with Gasteiger partial charge in [0.25, 0.3) is 23.6 Å². The number of nitrogens with zero attached hydrogens (tertiary/aromatic N) is 2.